The Morgan fingerprint density at radius 1 is 1.04 bits per heavy atom. The zero-order valence-electron chi connectivity index (χ0n) is 14.4. The molecule has 0 bridgehead atoms. The maximum absolute atomic E-state index is 12.3. The molecular formula is C20H19N3O3. The summed E-state index contributed by atoms with van der Waals surface area (Å²) in [5.41, 5.74) is 2.44. The lowest BCUT2D eigenvalue weighted by Crippen LogP contribution is -2.27. The van der Waals surface area contributed by atoms with Crippen LogP contribution in [0.2, 0.25) is 0 Å². The van der Waals surface area contributed by atoms with E-state index in [0.717, 1.165) is 16.8 Å². The monoisotopic (exact) mass is 349 g/mol. The molecule has 3 rings (SSSR count). The molecule has 3 aromatic rings. The molecule has 0 atom stereocenters. The molecule has 0 saturated heterocycles. The molecule has 2 amide bonds. The Balaban J connectivity index is 1.54. The molecule has 132 valence electrons. The van der Waals surface area contributed by atoms with Gasteiger partial charge in [-0.15, -0.1) is 0 Å². The summed E-state index contributed by atoms with van der Waals surface area (Å²) in [6.07, 6.45) is 1.62. The Morgan fingerprint density at radius 2 is 1.85 bits per heavy atom. The number of anilines is 1. The van der Waals surface area contributed by atoms with E-state index < -0.39 is 0 Å². The molecule has 6 heteroatoms. The van der Waals surface area contributed by atoms with E-state index in [9.17, 15) is 9.59 Å². The summed E-state index contributed by atoms with van der Waals surface area (Å²) in [7, 11) is 0. The predicted octanol–water partition coefficient (Wildman–Crippen LogP) is 3.41. The highest BCUT2D eigenvalue weighted by Crippen LogP contribution is 2.24. The zero-order valence-corrected chi connectivity index (χ0v) is 14.4. The number of amides is 2. The zero-order chi connectivity index (χ0) is 18.4. The van der Waals surface area contributed by atoms with Crippen LogP contribution in [0.1, 0.15) is 22.7 Å². The lowest BCUT2D eigenvalue weighted by atomic mass is 10.1. The minimum Gasteiger partial charge on any atom is -0.459 e. The van der Waals surface area contributed by atoms with Crippen molar-refractivity contribution in [3.63, 3.8) is 0 Å². The van der Waals surface area contributed by atoms with Crippen molar-refractivity contribution in [3.8, 4) is 11.1 Å². The number of pyridine rings is 1. The SMILES string of the molecule is Cc1cccc(NC(=O)CCNC(=O)c2occc2-c2ccccc2)n1. The molecule has 1 aromatic carbocycles. The number of benzene rings is 1. The van der Waals surface area contributed by atoms with Crippen LogP contribution in [-0.4, -0.2) is 23.3 Å². The van der Waals surface area contributed by atoms with Crippen LogP contribution in [0.5, 0.6) is 0 Å². The van der Waals surface area contributed by atoms with E-state index >= 15 is 0 Å². The van der Waals surface area contributed by atoms with Gasteiger partial charge >= 0.3 is 0 Å². The topological polar surface area (TPSA) is 84.2 Å². The highest BCUT2D eigenvalue weighted by Gasteiger charge is 2.16. The number of furan rings is 1. The van der Waals surface area contributed by atoms with E-state index in [1.54, 1.807) is 12.1 Å². The van der Waals surface area contributed by atoms with Crippen LogP contribution in [0.15, 0.2) is 65.3 Å². The quantitative estimate of drug-likeness (QED) is 0.714. The Kier molecular flexibility index (Phi) is 5.43. The van der Waals surface area contributed by atoms with Crippen molar-refractivity contribution in [1.82, 2.24) is 10.3 Å². The number of aromatic nitrogens is 1. The summed E-state index contributed by atoms with van der Waals surface area (Å²) in [6, 6.07) is 16.7. The first-order chi connectivity index (χ1) is 12.6. The minimum absolute atomic E-state index is 0.142. The molecule has 0 fully saturated rings. The minimum atomic E-state index is -0.352. The summed E-state index contributed by atoms with van der Waals surface area (Å²) in [5, 5.41) is 5.41. The summed E-state index contributed by atoms with van der Waals surface area (Å²) in [6.45, 7) is 2.05. The van der Waals surface area contributed by atoms with Crippen LogP contribution < -0.4 is 10.6 Å². The molecule has 0 spiro atoms. The number of hydrogen-bond acceptors (Lipinski definition) is 4. The maximum atomic E-state index is 12.3. The van der Waals surface area contributed by atoms with Gasteiger partial charge in [-0.05, 0) is 30.7 Å². The molecule has 0 aliphatic rings. The molecule has 2 aromatic heterocycles. The van der Waals surface area contributed by atoms with Gasteiger partial charge in [0.05, 0.1) is 6.26 Å². The van der Waals surface area contributed by atoms with Gasteiger partial charge in [0, 0.05) is 24.2 Å². The van der Waals surface area contributed by atoms with Crippen molar-refractivity contribution in [1.29, 1.82) is 0 Å². The van der Waals surface area contributed by atoms with Crippen LogP contribution >= 0.6 is 0 Å². The van der Waals surface area contributed by atoms with Gasteiger partial charge in [0.2, 0.25) is 5.91 Å². The fraction of sp³-hybridized carbons (Fsp3) is 0.150. The second-order valence-corrected chi connectivity index (χ2v) is 5.75. The Hall–Kier alpha value is -3.41. The van der Waals surface area contributed by atoms with Gasteiger partial charge in [-0.25, -0.2) is 4.98 Å². The number of nitrogens with one attached hydrogen (secondary N) is 2. The summed E-state index contributed by atoms with van der Waals surface area (Å²) in [5.74, 6) is 0.164. The van der Waals surface area contributed by atoms with Crippen LogP contribution in [0.4, 0.5) is 5.82 Å². The van der Waals surface area contributed by atoms with Gasteiger partial charge in [0.1, 0.15) is 5.82 Å². The normalized spacial score (nSPS) is 10.3. The van der Waals surface area contributed by atoms with Crippen molar-refractivity contribution in [2.45, 2.75) is 13.3 Å². The van der Waals surface area contributed by atoms with E-state index in [1.165, 1.54) is 6.26 Å². The van der Waals surface area contributed by atoms with E-state index in [-0.39, 0.29) is 30.5 Å². The second kappa shape index (κ2) is 8.11. The molecular weight excluding hydrogens is 330 g/mol. The maximum Gasteiger partial charge on any atom is 0.287 e. The third kappa shape index (κ3) is 4.36. The molecule has 0 saturated carbocycles. The lowest BCUT2D eigenvalue weighted by Gasteiger charge is -2.07. The first-order valence-electron chi connectivity index (χ1n) is 8.28. The van der Waals surface area contributed by atoms with Crippen molar-refractivity contribution < 1.29 is 14.0 Å². The average molecular weight is 349 g/mol. The first-order valence-corrected chi connectivity index (χ1v) is 8.28. The van der Waals surface area contributed by atoms with Crippen LogP contribution in [0.3, 0.4) is 0 Å². The highest BCUT2D eigenvalue weighted by atomic mass is 16.3. The van der Waals surface area contributed by atoms with Crippen molar-refractivity contribution >= 4 is 17.6 Å². The van der Waals surface area contributed by atoms with E-state index in [1.807, 2.05) is 49.4 Å². The number of carbonyl (C=O) groups is 2. The summed E-state index contributed by atoms with van der Waals surface area (Å²) in [4.78, 5) is 28.5. The molecule has 6 nitrogen and oxygen atoms in total. The molecule has 0 radical (unpaired) electrons. The summed E-state index contributed by atoms with van der Waals surface area (Å²) < 4.78 is 5.32. The molecule has 0 aliphatic heterocycles. The van der Waals surface area contributed by atoms with Gasteiger partial charge in [0.25, 0.3) is 5.91 Å². The average Bonchev–Trinajstić information content (AvgIpc) is 3.12. The molecule has 2 N–H and O–H groups in total. The van der Waals surface area contributed by atoms with Gasteiger partial charge in [-0.3, -0.25) is 9.59 Å². The second-order valence-electron chi connectivity index (χ2n) is 5.75. The predicted molar refractivity (Wildman–Crippen MR) is 98.7 cm³/mol. The standard InChI is InChI=1S/C20H19N3O3/c1-14-6-5-9-17(22-14)23-18(24)10-12-21-20(25)19-16(11-13-26-19)15-7-3-2-4-8-15/h2-9,11,13H,10,12H2,1H3,(H,21,25)(H,22,23,24). The number of carbonyl (C=O) groups excluding carboxylic acids is 2. The van der Waals surface area contributed by atoms with Gasteiger partial charge in [-0.2, -0.15) is 0 Å². The lowest BCUT2D eigenvalue weighted by molar-refractivity contribution is -0.116. The van der Waals surface area contributed by atoms with Crippen LogP contribution in [0, 0.1) is 6.92 Å². The Morgan fingerprint density at radius 3 is 2.62 bits per heavy atom. The smallest absolute Gasteiger partial charge is 0.287 e. The fourth-order valence-electron chi connectivity index (χ4n) is 2.52. The third-order valence-corrected chi connectivity index (χ3v) is 3.75. The third-order valence-electron chi connectivity index (χ3n) is 3.75. The van der Waals surface area contributed by atoms with Crippen molar-refractivity contribution in [3.05, 3.63) is 72.3 Å². The molecule has 26 heavy (non-hydrogen) atoms. The van der Waals surface area contributed by atoms with Crippen LogP contribution in [0.25, 0.3) is 11.1 Å². The van der Waals surface area contributed by atoms with Gasteiger partial charge in [-0.1, -0.05) is 36.4 Å². The van der Waals surface area contributed by atoms with Crippen LogP contribution in [-0.2, 0) is 4.79 Å². The number of aryl methyl sites for hydroxylation is 1. The van der Waals surface area contributed by atoms with Gasteiger partial charge in [0.15, 0.2) is 5.76 Å². The van der Waals surface area contributed by atoms with E-state index in [2.05, 4.69) is 15.6 Å². The highest BCUT2D eigenvalue weighted by molar-refractivity contribution is 5.98. The molecule has 0 aliphatic carbocycles. The van der Waals surface area contributed by atoms with Gasteiger partial charge < -0.3 is 15.1 Å². The molecule has 0 unspecified atom stereocenters. The first kappa shape index (κ1) is 17.4. The number of hydrogen-bond donors (Lipinski definition) is 2. The van der Waals surface area contributed by atoms with Crippen molar-refractivity contribution in [2.75, 3.05) is 11.9 Å². The number of rotatable bonds is 6. The van der Waals surface area contributed by atoms with Crippen molar-refractivity contribution in [2.24, 2.45) is 0 Å². The fourth-order valence-corrected chi connectivity index (χ4v) is 2.52. The largest absolute Gasteiger partial charge is 0.459 e. The molecule has 2 heterocycles. The van der Waals surface area contributed by atoms with E-state index in [4.69, 9.17) is 4.42 Å². The van der Waals surface area contributed by atoms with E-state index in [0.29, 0.717) is 5.82 Å². The number of nitrogens with zero attached hydrogens (tertiary/aromatic N) is 1. The summed E-state index contributed by atoms with van der Waals surface area (Å²) >= 11 is 0. The Bertz CT molecular complexity index is 903. The Labute approximate surface area is 151 Å².